The van der Waals surface area contributed by atoms with E-state index in [9.17, 15) is 44.7 Å². The molecule has 0 unspecified atom stereocenters. The van der Waals surface area contributed by atoms with Gasteiger partial charge in [-0.3, -0.25) is 9.59 Å². The molecule has 0 saturated carbocycles. The third kappa shape index (κ3) is 11.1. The fourth-order valence-corrected chi connectivity index (χ4v) is 3.80. The topological polar surface area (TPSA) is 72.2 Å². The first kappa shape index (κ1) is 36.5. The van der Waals surface area contributed by atoms with E-state index >= 15 is 0 Å². The zero-order valence-electron chi connectivity index (χ0n) is 19.8. The number of amides is 1. The molecule has 0 fully saturated rings. The molecule has 0 aliphatic rings. The summed E-state index contributed by atoms with van der Waals surface area (Å²) < 4.78 is 102. The summed E-state index contributed by atoms with van der Waals surface area (Å²) in [5.41, 5.74) is 4.68. The molecule has 1 amide bonds. The number of hydrogen-bond acceptors (Lipinski definition) is 3. The Balaban J connectivity index is 0.000000341. The van der Waals surface area contributed by atoms with Crippen LogP contribution in [0.1, 0.15) is 28.1 Å². The molecule has 0 atom stereocenters. The van der Waals surface area contributed by atoms with Crippen molar-refractivity contribution in [2.75, 3.05) is 11.1 Å². The number of hydrogen-bond donors (Lipinski definition) is 2. The van der Waals surface area contributed by atoms with Gasteiger partial charge in [0.2, 0.25) is 0 Å². The lowest BCUT2D eigenvalue weighted by Gasteiger charge is -2.07. The van der Waals surface area contributed by atoms with Crippen molar-refractivity contribution in [3.05, 3.63) is 127 Å². The molecule has 0 spiro atoms. The van der Waals surface area contributed by atoms with Gasteiger partial charge in [0.15, 0.2) is 34.9 Å². The Kier molecular flexibility index (Phi) is 14.1. The first-order chi connectivity index (χ1) is 19.1. The number of halogens is 11. The Hall–Kier alpha value is -3.49. The number of nitrogen functional groups attached to an aromatic ring is 1. The number of carbonyl (C=O) groups is 2. The van der Waals surface area contributed by atoms with Crippen molar-refractivity contribution in [3.8, 4) is 0 Å². The minimum Gasteiger partial charge on any atom is -0.399 e. The summed E-state index contributed by atoms with van der Waals surface area (Å²) in [6, 6.07) is 9.92. The second kappa shape index (κ2) is 16.2. The summed E-state index contributed by atoms with van der Waals surface area (Å²) in [6.45, 7) is 0. The molecule has 15 heteroatoms. The standard InChI is InChI=1S/C13H6BrF4NO.C7H3BrClFO.C6H4F3N.CH4/c14-7-1-6(2-8(15)3-7)13(20)19-9-4-10(16)12(18)11(17)5-9;8-5-1-4(7(9)11)2-6(10)3-5;7-4-1-3(10)2-5(8)6(4)9;/h1-5H,(H,19,20);1-3H;1-2H,10H2;1H4. The fourth-order valence-electron chi connectivity index (χ4n) is 2.76. The molecular weight excluding hydrogens is 732 g/mol. The monoisotopic (exact) mass is 746 g/mol. The van der Waals surface area contributed by atoms with Gasteiger partial charge in [-0.15, -0.1) is 0 Å². The van der Waals surface area contributed by atoms with Crippen molar-refractivity contribution >= 4 is 66.0 Å². The number of nitrogens with two attached hydrogens (primary N) is 1. The highest BCUT2D eigenvalue weighted by Gasteiger charge is 2.14. The maximum absolute atomic E-state index is 13.1. The van der Waals surface area contributed by atoms with Gasteiger partial charge < -0.3 is 11.1 Å². The van der Waals surface area contributed by atoms with Gasteiger partial charge in [-0.2, -0.15) is 0 Å². The maximum Gasteiger partial charge on any atom is 0.255 e. The van der Waals surface area contributed by atoms with E-state index < -0.39 is 57.7 Å². The van der Waals surface area contributed by atoms with Crippen LogP contribution in [0.5, 0.6) is 0 Å². The van der Waals surface area contributed by atoms with E-state index in [1.54, 1.807) is 0 Å². The van der Waals surface area contributed by atoms with Gasteiger partial charge in [0.25, 0.3) is 11.1 Å². The SMILES string of the molecule is C.Nc1cc(F)c(F)c(F)c1.O=C(Cl)c1cc(F)cc(Br)c1.O=C(Nc1cc(F)c(F)c(F)c1)c1cc(F)cc(Br)c1. The Labute approximate surface area is 255 Å². The first-order valence-corrected chi connectivity index (χ1v) is 12.5. The molecular formula is C27H17Br2ClF8N2O2. The van der Waals surface area contributed by atoms with Crippen LogP contribution >= 0.6 is 43.5 Å². The second-order valence-electron chi connectivity index (χ2n) is 7.60. The smallest absolute Gasteiger partial charge is 0.255 e. The lowest BCUT2D eigenvalue weighted by atomic mass is 10.2. The highest BCUT2D eigenvalue weighted by Crippen LogP contribution is 2.20. The normalized spacial score (nSPS) is 9.88. The predicted molar refractivity (Wildman–Crippen MR) is 150 cm³/mol. The molecule has 0 bridgehead atoms. The van der Waals surface area contributed by atoms with Crippen molar-refractivity contribution in [1.82, 2.24) is 0 Å². The third-order valence-corrected chi connectivity index (χ3v) is 5.60. The van der Waals surface area contributed by atoms with Crippen LogP contribution in [0.2, 0.25) is 0 Å². The molecule has 4 aromatic rings. The molecule has 4 rings (SSSR count). The molecule has 224 valence electrons. The zero-order valence-corrected chi connectivity index (χ0v) is 23.8. The van der Waals surface area contributed by atoms with Gasteiger partial charge >= 0.3 is 0 Å². The van der Waals surface area contributed by atoms with Crippen LogP contribution in [0.3, 0.4) is 0 Å². The molecule has 0 aliphatic carbocycles. The summed E-state index contributed by atoms with van der Waals surface area (Å²) >= 11 is 11.2. The molecule has 4 aromatic carbocycles. The first-order valence-electron chi connectivity index (χ1n) is 10.5. The summed E-state index contributed by atoms with van der Waals surface area (Å²) in [4.78, 5) is 22.3. The summed E-state index contributed by atoms with van der Waals surface area (Å²) in [5.74, 6) is -10.4. The van der Waals surface area contributed by atoms with E-state index in [-0.39, 0.29) is 29.9 Å². The number of benzene rings is 4. The van der Waals surface area contributed by atoms with Crippen LogP contribution < -0.4 is 11.1 Å². The van der Waals surface area contributed by atoms with Crippen molar-refractivity contribution in [2.24, 2.45) is 0 Å². The van der Waals surface area contributed by atoms with Gasteiger partial charge in [-0.1, -0.05) is 39.3 Å². The number of nitrogens with one attached hydrogen (secondary N) is 1. The van der Waals surface area contributed by atoms with Crippen molar-refractivity contribution in [1.29, 1.82) is 0 Å². The quantitative estimate of drug-likeness (QED) is 0.0950. The Bertz CT molecular complexity index is 1520. The van der Waals surface area contributed by atoms with Gasteiger partial charge in [0, 0.05) is 55.7 Å². The summed E-state index contributed by atoms with van der Waals surface area (Å²) in [6.07, 6.45) is 0. The van der Waals surface area contributed by atoms with Gasteiger partial charge in [0.1, 0.15) is 11.6 Å². The summed E-state index contributed by atoms with van der Waals surface area (Å²) in [7, 11) is 0. The fraction of sp³-hybridized carbons (Fsp3) is 0.0370. The Morgan fingerprint density at radius 3 is 1.40 bits per heavy atom. The van der Waals surface area contributed by atoms with Gasteiger partial charge in [-0.05, 0) is 48.0 Å². The van der Waals surface area contributed by atoms with E-state index in [1.807, 2.05) is 0 Å². The van der Waals surface area contributed by atoms with Crippen LogP contribution in [-0.4, -0.2) is 11.1 Å². The predicted octanol–water partition coefficient (Wildman–Crippen LogP) is 9.55. The molecule has 4 nitrogen and oxygen atoms in total. The maximum atomic E-state index is 13.1. The number of carbonyl (C=O) groups excluding carboxylic acids is 2. The summed E-state index contributed by atoms with van der Waals surface area (Å²) in [5, 5.41) is 1.49. The zero-order chi connectivity index (χ0) is 31.0. The molecule has 0 heterocycles. The Morgan fingerprint density at radius 2 is 1.00 bits per heavy atom. The van der Waals surface area contributed by atoms with Crippen molar-refractivity contribution in [3.63, 3.8) is 0 Å². The molecule has 0 radical (unpaired) electrons. The minimum absolute atomic E-state index is 0. The Morgan fingerprint density at radius 1 is 0.619 bits per heavy atom. The van der Waals surface area contributed by atoms with E-state index in [1.165, 1.54) is 18.2 Å². The molecule has 0 saturated heterocycles. The molecule has 3 N–H and O–H groups in total. The van der Waals surface area contributed by atoms with E-state index in [0.717, 1.165) is 30.3 Å². The van der Waals surface area contributed by atoms with Crippen LogP contribution in [0.15, 0.2) is 69.6 Å². The second-order valence-corrected chi connectivity index (χ2v) is 9.77. The molecule has 0 aliphatic heterocycles. The molecule has 0 aromatic heterocycles. The van der Waals surface area contributed by atoms with Crippen LogP contribution in [0.25, 0.3) is 0 Å². The van der Waals surface area contributed by atoms with E-state index in [2.05, 4.69) is 37.2 Å². The van der Waals surface area contributed by atoms with Crippen LogP contribution in [0, 0.1) is 46.5 Å². The highest BCUT2D eigenvalue weighted by atomic mass is 79.9. The largest absolute Gasteiger partial charge is 0.399 e. The van der Waals surface area contributed by atoms with Gasteiger partial charge in [-0.25, -0.2) is 35.1 Å². The van der Waals surface area contributed by atoms with Crippen LogP contribution in [0.4, 0.5) is 46.5 Å². The van der Waals surface area contributed by atoms with Crippen molar-refractivity contribution in [2.45, 2.75) is 7.43 Å². The third-order valence-electron chi connectivity index (χ3n) is 4.46. The number of rotatable bonds is 3. The van der Waals surface area contributed by atoms with E-state index in [0.29, 0.717) is 21.1 Å². The van der Waals surface area contributed by atoms with Crippen molar-refractivity contribution < 1.29 is 44.7 Å². The van der Waals surface area contributed by atoms with Gasteiger partial charge in [0.05, 0.1) is 0 Å². The van der Waals surface area contributed by atoms with E-state index in [4.69, 9.17) is 17.3 Å². The lowest BCUT2D eigenvalue weighted by molar-refractivity contribution is 0.102. The average molecular weight is 749 g/mol. The van der Waals surface area contributed by atoms with Crippen LogP contribution in [-0.2, 0) is 0 Å². The average Bonchev–Trinajstić information content (AvgIpc) is 2.85. The highest BCUT2D eigenvalue weighted by molar-refractivity contribution is 9.10. The minimum atomic E-state index is -1.63. The molecule has 42 heavy (non-hydrogen) atoms. The number of anilines is 2. The lowest BCUT2D eigenvalue weighted by Crippen LogP contribution is -2.13.